The first kappa shape index (κ1) is 16.0. The Balaban J connectivity index is 2.07. The van der Waals surface area contributed by atoms with Crippen molar-refractivity contribution < 1.29 is 9.59 Å². The van der Waals surface area contributed by atoms with Crippen molar-refractivity contribution >= 4 is 11.8 Å². The van der Waals surface area contributed by atoms with E-state index in [4.69, 9.17) is 5.73 Å². The average molecular weight is 269 g/mol. The molecule has 1 atom stereocenters. The molecule has 1 saturated carbocycles. The molecule has 1 aliphatic rings. The fourth-order valence-electron chi connectivity index (χ4n) is 2.03. The summed E-state index contributed by atoms with van der Waals surface area (Å²) in [5.74, 6) is 0.921. The van der Waals surface area contributed by atoms with Gasteiger partial charge in [0.15, 0.2) is 0 Å². The third-order valence-electron chi connectivity index (χ3n) is 3.23. The van der Waals surface area contributed by atoms with Crippen LogP contribution >= 0.6 is 0 Å². The van der Waals surface area contributed by atoms with Crippen LogP contribution in [0.4, 0.5) is 0 Å². The zero-order valence-corrected chi connectivity index (χ0v) is 12.1. The second kappa shape index (κ2) is 8.15. The zero-order chi connectivity index (χ0) is 14.3. The quantitative estimate of drug-likeness (QED) is 0.541. The van der Waals surface area contributed by atoms with E-state index in [1.807, 2.05) is 0 Å². The van der Waals surface area contributed by atoms with Gasteiger partial charge in [-0.05, 0) is 31.6 Å². The highest BCUT2D eigenvalue weighted by Crippen LogP contribution is 2.28. The molecule has 0 spiro atoms. The fraction of sp³-hybridized carbons (Fsp3) is 0.857. The number of carbonyl (C=O) groups excluding carboxylic acids is 2. The number of amides is 2. The highest BCUT2D eigenvalue weighted by Gasteiger charge is 2.28. The average Bonchev–Trinajstić information content (AvgIpc) is 3.17. The monoisotopic (exact) mass is 269 g/mol. The SMILES string of the molecule is CC(C)CC(CN)NC(=O)CCCNC(=O)C1CC1. The molecule has 4 N–H and O–H groups in total. The Labute approximate surface area is 115 Å². The maximum absolute atomic E-state index is 11.7. The van der Waals surface area contributed by atoms with Crippen molar-refractivity contribution in [1.29, 1.82) is 0 Å². The third-order valence-corrected chi connectivity index (χ3v) is 3.23. The predicted octanol–water partition coefficient (Wildman–Crippen LogP) is 0.782. The summed E-state index contributed by atoms with van der Waals surface area (Å²) in [6.07, 6.45) is 4.06. The van der Waals surface area contributed by atoms with Crippen LogP contribution in [-0.2, 0) is 9.59 Å². The molecule has 0 aliphatic heterocycles. The lowest BCUT2D eigenvalue weighted by Gasteiger charge is -2.18. The van der Waals surface area contributed by atoms with Crippen LogP contribution in [-0.4, -0.2) is 30.9 Å². The number of carbonyl (C=O) groups is 2. The topological polar surface area (TPSA) is 84.2 Å². The molecule has 0 radical (unpaired) electrons. The molecule has 1 rings (SSSR count). The minimum absolute atomic E-state index is 0.0248. The maximum Gasteiger partial charge on any atom is 0.223 e. The van der Waals surface area contributed by atoms with Crippen molar-refractivity contribution in [2.24, 2.45) is 17.6 Å². The van der Waals surface area contributed by atoms with Crippen LogP contribution in [0.3, 0.4) is 0 Å². The van der Waals surface area contributed by atoms with Gasteiger partial charge in [0.05, 0.1) is 0 Å². The van der Waals surface area contributed by atoms with Crippen molar-refractivity contribution in [3.63, 3.8) is 0 Å². The molecule has 19 heavy (non-hydrogen) atoms. The Kier molecular flexibility index (Phi) is 6.84. The molecule has 110 valence electrons. The van der Waals surface area contributed by atoms with E-state index in [9.17, 15) is 9.59 Å². The van der Waals surface area contributed by atoms with Crippen LogP contribution in [0.1, 0.15) is 46.0 Å². The lowest BCUT2D eigenvalue weighted by atomic mass is 10.0. The van der Waals surface area contributed by atoms with E-state index in [0.29, 0.717) is 31.8 Å². The normalized spacial score (nSPS) is 16.2. The molecule has 0 aromatic rings. The van der Waals surface area contributed by atoms with Crippen molar-refractivity contribution in [3.05, 3.63) is 0 Å². The van der Waals surface area contributed by atoms with Crippen LogP contribution in [0, 0.1) is 11.8 Å². The highest BCUT2D eigenvalue weighted by atomic mass is 16.2. The minimum atomic E-state index is 0.0248. The Morgan fingerprint density at radius 3 is 2.53 bits per heavy atom. The first-order valence-corrected chi connectivity index (χ1v) is 7.30. The van der Waals surface area contributed by atoms with Gasteiger partial charge in [0, 0.05) is 31.5 Å². The number of hydrogen-bond donors (Lipinski definition) is 3. The highest BCUT2D eigenvalue weighted by molar-refractivity contribution is 5.81. The smallest absolute Gasteiger partial charge is 0.223 e. The Hall–Kier alpha value is -1.10. The summed E-state index contributed by atoms with van der Waals surface area (Å²) in [6.45, 7) is 5.28. The summed E-state index contributed by atoms with van der Waals surface area (Å²) in [5.41, 5.74) is 5.63. The summed E-state index contributed by atoms with van der Waals surface area (Å²) in [7, 11) is 0. The first-order valence-electron chi connectivity index (χ1n) is 7.30. The van der Waals surface area contributed by atoms with E-state index >= 15 is 0 Å². The van der Waals surface area contributed by atoms with E-state index in [1.165, 1.54) is 0 Å². The van der Waals surface area contributed by atoms with Crippen LogP contribution in [0.2, 0.25) is 0 Å². The van der Waals surface area contributed by atoms with Crippen molar-refractivity contribution in [2.75, 3.05) is 13.1 Å². The van der Waals surface area contributed by atoms with Gasteiger partial charge in [-0.3, -0.25) is 9.59 Å². The lowest BCUT2D eigenvalue weighted by Crippen LogP contribution is -2.41. The summed E-state index contributed by atoms with van der Waals surface area (Å²) in [5, 5.41) is 5.80. The molecule has 0 aromatic carbocycles. The van der Waals surface area contributed by atoms with E-state index in [-0.39, 0.29) is 23.8 Å². The summed E-state index contributed by atoms with van der Waals surface area (Å²) in [6, 6.07) is 0.0635. The molecule has 0 bridgehead atoms. The largest absolute Gasteiger partial charge is 0.356 e. The maximum atomic E-state index is 11.7. The molecule has 0 aromatic heterocycles. The van der Waals surface area contributed by atoms with Gasteiger partial charge in [-0.2, -0.15) is 0 Å². The van der Waals surface area contributed by atoms with Crippen LogP contribution in [0.15, 0.2) is 0 Å². The number of nitrogens with one attached hydrogen (secondary N) is 2. The molecule has 5 heteroatoms. The van der Waals surface area contributed by atoms with Gasteiger partial charge in [0.1, 0.15) is 0 Å². The van der Waals surface area contributed by atoms with E-state index < -0.39 is 0 Å². The van der Waals surface area contributed by atoms with Gasteiger partial charge in [-0.1, -0.05) is 13.8 Å². The summed E-state index contributed by atoms with van der Waals surface area (Å²) in [4.78, 5) is 23.1. The molecule has 5 nitrogen and oxygen atoms in total. The molecular weight excluding hydrogens is 242 g/mol. The zero-order valence-electron chi connectivity index (χ0n) is 12.1. The number of hydrogen-bond acceptors (Lipinski definition) is 3. The Morgan fingerprint density at radius 2 is 2.00 bits per heavy atom. The minimum Gasteiger partial charge on any atom is -0.356 e. The molecular formula is C14H27N3O2. The van der Waals surface area contributed by atoms with Crippen molar-refractivity contribution in [2.45, 2.75) is 52.0 Å². The van der Waals surface area contributed by atoms with Gasteiger partial charge in [0.2, 0.25) is 11.8 Å². The van der Waals surface area contributed by atoms with Gasteiger partial charge in [-0.25, -0.2) is 0 Å². The Bertz CT molecular complexity index is 301. The lowest BCUT2D eigenvalue weighted by molar-refractivity contribution is -0.123. The van der Waals surface area contributed by atoms with Gasteiger partial charge >= 0.3 is 0 Å². The molecule has 0 heterocycles. The number of rotatable bonds is 9. The Morgan fingerprint density at radius 1 is 1.32 bits per heavy atom. The van der Waals surface area contributed by atoms with Gasteiger partial charge in [0.25, 0.3) is 0 Å². The fourth-order valence-corrected chi connectivity index (χ4v) is 2.03. The molecule has 2 amide bonds. The van der Waals surface area contributed by atoms with Crippen molar-refractivity contribution in [3.8, 4) is 0 Å². The van der Waals surface area contributed by atoms with Crippen molar-refractivity contribution in [1.82, 2.24) is 10.6 Å². The predicted molar refractivity (Wildman–Crippen MR) is 75.4 cm³/mol. The second-order valence-electron chi connectivity index (χ2n) is 5.80. The van der Waals surface area contributed by atoms with E-state index in [2.05, 4.69) is 24.5 Å². The van der Waals surface area contributed by atoms with E-state index in [1.54, 1.807) is 0 Å². The second-order valence-corrected chi connectivity index (χ2v) is 5.80. The molecule has 0 saturated heterocycles. The van der Waals surface area contributed by atoms with Crippen LogP contribution in [0.25, 0.3) is 0 Å². The van der Waals surface area contributed by atoms with Crippen LogP contribution in [0.5, 0.6) is 0 Å². The molecule has 1 fully saturated rings. The summed E-state index contributed by atoms with van der Waals surface area (Å²) >= 11 is 0. The molecule has 1 aliphatic carbocycles. The standard InChI is InChI=1S/C14H27N3O2/c1-10(2)8-12(9-15)17-13(18)4-3-7-16-14(19)11-5-6-11/h10-12H,3-9,15H2,1-2H3,(H,16,19)(H,17,18). The van der Waals surface area contributed by atoms with E-state index in [0.717, 1.165) is 19.3 Å². The summed E-state index contributed by atoms with van der Waals surface area (Å²) < 4.78 is 0. The number of nitrogens with two attached hydrogens (primary N) is 1. The van der Waals surface area contributed by atoms with Gasteiger partial charge in [-0.15, -0.1) is 0 Å². The van der Waals surface area contributed by atoms with Crippen LogP contribution < -0.4 is 16.4 Å². The van der Waals surface area contributed by atoms with Gasteiger partial charge < -0.3 is 16.4 Å². The molecule has 1 unspecified atom stereocenters. The first-order chi connectivity index (χ1) is 9.02. The third kappa shape index (κ3) is 7.15.